The van der Waals surface area contributed by atoms with Gasteiger partial charge in [-0.15, -0.1) is 0 Å². The first-order valence-electron chi connectivity index (χ1n) is 10.2. The molecule has 0 N–H and O–H groups in total. The fraction of sp³-hybridized carbons (Fsp3) is 0.125. The Hall–Kier alpha value is -3.57. The summed E-state index contributed by atoms with van der Waals surface area (Å²) in [5, 5.41) is 15.8. The van der Waals surface area contributed by atoms with Crippen molar-refractivity contribution in [3.05, 3.63) is 101 Å². The molecule has 9 nitrogen and oxygen atoms in total. The normalized spacial score (nSPS) is 11.2. The van der Waals surface area contributed by atoms with Gasteiger partial charge >= 0.3 is 0 Å². The number of hydrogen-bond donors (Lipinski definition) is 0. The third-order valence-corrected chi connectivity index (χ3v) is 6.26. The number of aryl methyl sites for hydroxylation is 1. The average Bonchev–Trinajstić information content (AvgIpc) is 2.84. The lowest BCUT2D eigenvalue weighted by Crippen LogP contribution is -2.20. The zero-order chi connectivity index (χ0) is 25.1. The number of benzene rings is 3. The number of methoxy groups -OCH3 is 1. The predicted molar refractivity (Wildman–Crippen MR) is 140 cm³/mol. The molecule has 178 valence electrons. The van der Waals surface area contributed by atoms with E-state index in [1.54, 1.807) is 43.3 Å². The van der Waals surface area contributed by atoms with Crippen molar-refractivity contribution >= 4 is 54.7 Å². The molecule has 0 spiro atoms. The number of rotatable bonds is 7. The van der Waals surface area contributed by atoms with Gasteiger partial charge in [-0.05, 0) is 58.7 Å². The van der Waals surface area contributed by atoms with Crippen LogP contribution in [0, 0.1) is 17.0 Å². The first-order chi connectivity index (χ1) is 16.8. The maximum absolute atomic E-state index is 13.0. The molecule has 0 unspecified atom stereocenters. The summed E-state index contributed by atoms with van der Waals surface area (Å²) in [5.74, 6) is 1.32. The maximum atomic E-state index is 13.0. The Morgan fingerprint density at radius 3 is 2.69 bits per heavy atom. The van der Waals surface area contributed by atoms with Crippen LogP contribution in [0.25, 0.3) is 10.9 Å². The van der Waals surface area contributed by atoms with Gasteiger partial charge in [0.25, 0.3) is 11.2 Å². The standard InChI is InChI=1S/C24H18Br2N4O5/c1-14-28-21-7-6-17(25)10-19(21)24(31)29(14)27-12-16-9-22(34-2)23(11-20(16)26)35-13-15-4-3-5-18(8-15)30(32)33/h3-12H,13H2,1-2H3. The number of nitrogens with zero attached hydrogens (tertiary/aromatic N) is 4. The van der Waals surface area contributed by atoms with E-state index in [0.717, 1.165) is 4.47 Å². The Morgan fingerprint density at radius 1 is 1.14 bits per heavy atom. The lowest BCUT2D eigenvalue weighted by Gasteiger charge is -2.13. The van der Waals surface area contributed by atoms with Crippen LogP contribution in [-0.2, 0) is 6.61 Å². The fourth-order valence-electron chi connectivity index (χ4n) is 3.36. The van der Waals surface area contributed by atoms with E-state index in [0.29, 0.717) is 43.8 Å². The highest BCUT2D eigenvalue weighted by atomic mass is 79.9. The van der Waals surface area contributed by atoms with E-state index < -0.39 is 4.92 Å². The molecule has 35 heavy (non-hydrogen) atoms. The summed E-state index contributed by atoms with van der Waals surface area (Å²) in [6.07, 6.45) is 1.52. The quantitative estimate of drug-likeness (QED) is 0.155. The van der Waals surface area contributed by atoms with Crippen molar-refractivity contribution in [3.63, 3.8) is 0 Å². The number of fused-ring (bicyclic) bond motifs is 1. The molecule has 0 aliphatic heterocycles. The second-order valence-electron chi connectivity index (χ2n) is 7.42. The van der Waals surface area contributed by atoms with Crippen molar-refractivity contribution in [2.24, 2.45) is 5.10 Å². The minimum Gasteiger partial charge on any atom is -0.493 e. The lowest BCUT2D eigenvalue weighted by atomic mass is 10.2. The van der Waals surface area contributed by atoms with Crippen LogP contribution < -0.4 is 15.0 Å². The second kappa shape index (κ2) is 10.4. The van der Waals surface area contributed by atoms with Crippen molar-refractivity contribution in [3.8, 4) is 11.5 Å². The van der Waals surface area contributed by atoms with Crippen LogP contribution in [0.15, 0.2) is 73.4 Å². The molecule has 4 aromatic rings. The summed E-state index contributed by atoms with van der Waals surface area (Å²) < 4.78 is 14.0. The first kappa shape index (κ1) is 24.6. The van der Waals surface area contributed by atoms with Gasteiger partial charge in [-0.1, -0.05) is 28.1 Å². The van der Waals surface area contributed by atoms with Crippen LogP contribution in [0.5, 0.6) is 11.5 Å². The van der Waals surface area contributed by atoms with E-state index in [9.17, 15) is 14.9 Å². The van der Waals surface area contributed by atoms with E-state index in [1.807, 2.05) is 6.07 Å². The summed E-state index contributed by atoms with van der Waals surface area (Å²) in [4.78, 5) is 28.0. The van der Waals surface area contributed by atoms with Gasteiger partial charge in [0.2, 0.25) is 0 Å². The summed E-state index contributed by atoms with van der Waals surface area (Å²) >= 11 is 6.88. The molecular weight excluding hydrogens is 584 g/mol. The van der Waals surface area contributed by atoms with Crippen LogP contribution >= 0.6 is 31.9 Å². The minimum absolute atomic E-state index is 0.00752. The third-order valence-electron chi connectivity index (χ3n) is 5.08. The molecule has 0 atom stereocenters. The van der Waals surface area contributed by atoms with Gasteiger partial charge in [0, 0.05) is 26.6 Å². The van der Waals surface area contributed by atoms with Crippen molar-refractivity contribution in [1.82, 2.24) is 9.66 Å². The number of nitro groups is 1. The smallest absolute Gasteiger partial charge is 0.282 e. The predicted octanol–water partition coefficient (Wildman–Crippen LogP) is 5.61. The zero-order valence-corrected chi connectivity index (χ0v) is 21.7. The van der Waals surface area contributed by atoms with Gasteiger partial charge in [-0.2, -0.15) is 9.78 Å². The summed E-state index contributed by atoms with van der Waals surface area (Å²) in [7, 11) is 1.50. The molecule has 0 amide bonds. The Bertz CT molecular complexity index is 1530. The molecule has 0 aliphatic carbocycles. The van der Waals surface area contributed by atoms with Gasteiger partial charge in [-0.25, -0.2) is 4.98 Å². The van der Waals surface area contributed by atoms with E-state index >= 15 is 0 Å². The topological polar surface area (TPSA) is 109 Å². The van der Waals surface area contributed by atoms with Crippen molar-refractivity contribution in [2.75, 3.05) is 7.11 Å². The second-order valence-corrected chi connectivity index (χ2v) is 9.19. The van der Waals surface area contributed by atoms with Crippen molar-refractivity contribution in [1.29, 1.82) is 0 Å². The number of hydrogen-bond acceptors (Lipinski definition) is 7. The Kier molecular flexibility index (Phi) is 7.27. The van der Waals surface area contributed by atoms with E-state index in [-0.39, 0.29) is 17.9 Å². The molecule has 11 heteroatoms. The largest absolute Gasteiger partial charge is 0.493 e. The third kappa shape index (κ3) is 5.41. The Morgan fingerprint density at radius 2 is 1.94 bits per heavy atom. The van der Waals surface area contributed by atoms with Crippen LogP contribution in [0.1, 0.15) is 17.0 Å². The van der Waals surface area contributed by atoms with Crippen LogP contribution in [-0.4, -0.2) is 27.9 Å². The number of nitro benzene ring substituents is 1. The maximum Gasteiger partial charge on any atom is 0.282 e. The highest BCUT2D eigenvalue weighted by Gasteiger charge is 2.12. The monoisotopic (exact) mass is 600 g/mol. The van der Waals surface area contributed by atoms with Crippen LogP contribution in [0.4, 0.5) is 5.69 Å². The fourth-order valence-corrected chi connectivity index (χ4v) is 4.14. The molecule has 0 radical (unpaired) electrons. The molecular formula is C24H18Br2N4O5. The average molecular weight is 602 g/mol. The minimum atomic E-state index is -0.453. The van der Waals surface area contributed by atoms with Gasteiger partial charge in [0.1, 0.15) is 12.4 Å². The highest BCUT2D eigenvalue weighted by molar-refractivity contribution is 9.10. The number of non-ortho nitro benzene ring substituents is 1. The molecule has 3 aromatic carbocycles. The lowest BCUT2D eigenvalue weighted by molar-refractivity contribution is -0.384. The summed E-state index contributed by atoms with van der Waals surface area (Å²) in [6.45, 7) is 1.82. The molecule has 0 saturated heterocycles. The first-order valence-corrected chi connectivity index (χ1v) is 11.8. The van der Waals surface area contributed by atoms with Gasteiger partial charge < -0.3 is 9.47 Å². The van der Waals surface area contributed by atoms with Crippen molar-refractivity contribution < 1.29 is 14.4 Å². The molecule has 4 rings (SSSR count). The van der Waals surface area contributed by atoms with E-state index in [1.165, 1.54) is 30.1 Å². The van der Waals surface area contributed by atoms with Crippen LogP contribution in [0.3, 0.4) is 0 Å². The highest BCUT2D eigenvalue weighted by Crippen LogP contribution is 2.33. The van der Waals surface area contributed by atoms with E-state index in [4.69, 9.17) is 9.47 Å². The number of aromatic nitrogens is 2. The van der Waals surface area contributed by atoms with Gasteiger partial charge in [-0.3, -0.25) is 14.9 Å². The Balaban J connectivity index is 1.62. The molecule has 1 aromatic heterocycles. The van der Waals surface area contributed by atoms with Gasteiger partial charge in [0.15, 0.2) is 11.5 Å². The number of halogens is 2. The Labute approximate surface area is 216 Å². The summed E-state index contributed by atoms with van der Waals surface area (Å²) in [6, 6.07) is 15.0. The molecule has 0 saturated carbocycles. The van der Waals surface area contributed by atoms with Crippen LogP contribution in [0.2, 0.25) is 0 Å². The molecule has 1 heterocycles. The SMILES string of the molecule is COc1cc(C=Nn2c(C)nc3ccc(Br)cc3c2=O)c(Br)cc1OCc1cccc([N+](=O)[O-])c1. The molecule has 0 fully saturated rings. The molecule has 0 bridgehead atoms. The number of ether oxygens (including phenoxy) is 2. The van der Waals surface area contributed by atoms with Gasteiger partial charge in [0.05, 0.1) is 29.2 Å². The summed E-state index contributed by atoms with van der Waals surface area (Å²) in [5.41, 5.74) is 1.59. The van der Waals surface area contributed by atoms with E-state index in [2.05, 4.69) is 41.9 Å². The van der Waals surface area contributed by atoms with Crippen molar-refractivity contribution in [2.45, 2.75) is 13.5 Å². The zero-order valence-electron chi connectivity index (χ0n) is 18.6. The molecule has 0 aliphatic rings.